The molecule has 0 N–H and O–H groups in total. The minimum absolute atomic E-state index is 0.168. The molecule has 2 bridgehead atoms. The molecular weight excluding hydrogens is 300 g/mol. The molecule has 24 heavy (non-hydrogen) atoms. The molecule has 4 nitrogen and oxygen atoms in total. The van der Waals surface area contributed by atoms with E-state index in [1.54, 1.807) is 12.1 Å². The normalized spacial score (nSPS) is 23.3. The van der Waals surface area contributed by atoms with Crippen LogP contribution in [-0.4, -0.2) is 22.4 Å². The Morgan fingerprint density at radius 1 is 1.00 bits per heavy atom. The van der Waals surface area contributed by atoms with Gasteiger partial charge in [0.25, 0.3) is 5.69 Å². The topological polar surface area (TPSA) is 46.4 Å². The number of hydrogen-bond acceptors (Lipinski definition) is 3. The highest BCUT2D eigenvalue weighted by atomic mass is 16.6. The fourth-order valence-corrected chi connectivity index (χ4v) is 4.25. The number of non-ortho nitro benzene ring substituents is 1. The summed E-state index contributed by atoms with van der Waals surface area (Å²) in [5.74, 6) is 0.723. The van der Waals surface area contributed by atoms with Crippen LogP contribution < -0.4 is 0 Å². The predicted octanol–water partition coefficient (Wildman–Crippen LogP) is 3.97. The van der Waals surface area contributed by atoms with Crippen LogP contribution in [0.4, 0.5) is 5.69 Å². The Morgan fingerprint density at radius 2 is 1.71 bits per heavy atom. The Morgan fingerprint density at radius 3 is 2.42 bits per heavy atom. The molecule has 0 spiro atoms. The van der Waals surface area contributed by atoms with Crippen molar-refractivity contribution < 1.29 is 4.92 Å². The molecule has 0 aromatic heterocycles. The number of fused-ring (bicyclic) bond motifs is 2. The van der Waals surface area contributed by atoms with E-state index >= 15 is 0 Å². The molecule has 1 fully saturated rings. The second-order valence-electron chi connectivity index (χ2n) is 7.13. The van der Waals surface area contributed by atoms with Gasteiger partial charge in [-0.25, -0.2) is 0 Å². The van der Waals surface area contributed by atoms with E-state index in [1.165, 1.54) is 36.0 Å². The van der Waals surface area contributed by atoms with E-state index < -0.39 is 0 Å². The van der Waals surface area contributed by atoms with Gasteiger partial charge in [0.2, 0.25) is 0 Å². The first-order chi connectivity index (χ1) is 11.7. The molecule has 2 atom stereocenters. The molecule has 124 valence electrons. The number of nitrogens with zero attached hydrogens (tertiary/aromatic N) is 2. The summed E-state index contributed by atoms with van der Waals surface area (Å²) in [4.78, 5) is 13.1. The van der Waals surface area contributed by atoms with Crippen molar-refractivity contribution in [1.82, 2.24) is 4.90 Å². The van der Waals surface area contributed by atoms with Gasteiger partial charge >= 0.3 is 0 Å². The Balaban J connectivity index is 1.53. The van der Waals surface area contributed by atoms with Crippen LogP contribution in [0.15, 0.2) is 48.5 Å². The Hall–Kier alpha value is -2.20. The van der Waals surface area contributed by atoms with Crippen molar-refractivity contribution in [2.75, 3.05) is 6.54 Å². The van der Waals surface area contributed by atoms with Gasteiger partial charge in [-0.3, -0.25) is 15.0 Å². The Kier molecular flexibility index (Phi) is 4.07. The minimum Gasteiger partial charge on any atom is -0.296 e. The van der Waals surface area contributed by atoms with E-state index in [-0.39, 0.29) is 10.6 Å². The molecule has 1 aliphatic carbocycles. The van der Waals surface area contributed by atoms with Gasteiger partial charge < -0.3 is 0 Å². The van der Waals surface area contributed by atoms with Gasteiger partial charge in [-0.05, 0) is 48.3 Å². The number of nitro benzene ring substituents is 1. The first-order valence-corrected chi connectivity index (χ1v) is 8.73. The fourth-order valence-electron chi connectivity index (χ4n) is 4.25. The van der Waals surface area contributed by atoms with E-state index in [4.69, 9.17) is 0 Å². The van der Waals surface area contributed by atoms with E-state index in [0.29, 0.717) is 6.04 Å². The van der Waals surface area contributed by atoms with Crippen molar-refractivity contribution in [3.05, 3.63) is 75.3 Å². The highest BCUT2D eigenvalue weighted by molar-refractivity contribution is 5.33. The van der Waals surface area contributed by atoms with Crippen LogP contribution in [0.1, 0.15) is 29.5 Å². The first kappa shape index (κ1) is 15.3. The maximum atomic E-state index is 10.8. The molecule has 2 aromatic rings. The van der Waals surface area contributed by atoms with E-state index in [0.717, 1.165) is 25.4 Å². The second-order valence-corrected chi connectivity index (χ2v) is 7.13. The standard InChI is InChI=1S/C20H22N2O2/c23-22(24)19-8-5-15(6-9-19)13-21-14-16-7-10-20(21)12-18-4-2-1-3-17(18)11-16/h1-6,8-9,16,20H,7,10-14H2/t16-,20-/m1/s1. The van der Waals surface area contributed by atoms with Crippen LogP contribution in [0, 0.1) is 16.0 Å². The summed E-state index contributed by atoms with van der Waals surface area (Å²) >= 11 is 0. The molecule has 0 saturated carbocycles. The lowest BCUT2D eigenvalue weighted by Gasteiger charge is -2.42. The molecule has 2 aliphatic heterocycles. The molecular formula is C20H22N2O2. The average molecular weight is 322 g/mol. The van der Waals surface area contributed by atoms with E-state index in [1.807, 2.05) is 12.1 Å². The van der Waals surface area contributed by atoms with Crippen molar-refractivity contribution in [3.63, 3.8) is 0 Å². The maximum Gasteiger partial charge on any atom is 0.269 e. The van der Waals surface area contributed by atoms with Gasteiger partial charge in [-0.15, -0.1) is 0 Å². The van der Waals surface area contributed by atoms with Gasteiger partial charge in [0.05, 0.1) is 4.92 Å². The number of benzene rings is 2. The zero-order chi connectivity index (χ0) is 16.5. The summed E-state index contributed by atoms with van der Waals surface area (Å²) in [5.41, 5.74) is 4.37. The van der Waals surface area contributed by atoms with Crippen molar-refractivity contribution >= 4 is 5.69 Å². The predicted molar refractivity (Wildman–Crippen MR) is 93.9 cm³/mol. The summed E-state index contributed by atoms with van der Waals surface area (Å²) in [6, 6.07) is 16.5. The van der Waals surface area contributed by atoms with Crippen molar-refractivity contribution in [3.8, 4) is 0 Å². The number of hydrogen-bond donors (Lipinski definition) is 0. The van der Waals surface area contributed by atoms with E-state index in [2.05, 4.69) is 29.2 Å². The molecule has 0 amide bonds. The monoisotopic (exact) mass is 322 g/mol. The highest BCUT2D eigenvalue weighted by Crippen LogP contribution is 2.33. The SMILES string of the molecule is O=[N+]([O-])c1ccc(CN2C[C@@H]3CC[C@@H]2Cc2ccccc2C3)cc1. The third kappa shape index (κ3) is 3.06. The quantitative estimate of drug-likeness (QED) is 0.634. The minimum atomic E-state index is -0.335. The molecule has 2 aromatic carbocycles. The maximum absolute atomic E-state index is 10.8. The van der Waals surface area contributed by atoms with Crippen LogP contribution in [0.3, 0.4) is 0 Å². The van der Waals surface area contributed by atoms with Gasteiger partial charge in [-0.2, -0.15) is 0 Å². The Labute approximate surface area is 142 Å². The molecule has 4 heteroatoms. The van der Waals surface area contributed by atoms with Crippen molar-refractivity contribution in [2.45, 2.75) is 38.3 Å². The lowest BCUT2D eigenvalue weighted by Crippen LogP contribution is -2.46. The zero-order valence-corrected chi connectivity index (χ0v) is 13.7. The summed E-state index contributed by atoms with van der Waals surface area (Å²) in [7, 11) is 0. The van der Waals surface area contributed by atoms with Crippen molar-refractivity contribution in [2.24, 2.45) is 5.92 Å². The third-order valence-corrected chi connectivity index (χ3v) is 5.53. The molecule has 0 radical (unpaired) electrons. The first-order valence-electron chi connectivity index (χ1n) is 8.73. The average Bonchev–Trinajstić information content (AvgIpc) is 2.56. The van der Waals surface area contributed by atoms with Crippen LogP contribution in [0.5, 0.6) is 0 Å². The largest absolute Gasteiger partial charge is 0.296 e. The zero-order valence-electron chi connectivity index (χ0n) is 13.7. The van der Waals surface area contributed by atoms with E-state index in [9.17, 15) is 10.1 Å². The van der Waals surface area contributed by atoms with Crippen LogP contribution in [0.2, 0.25) is 0 Å². The molecule has 0 unspecified atom stereocenters. The smallest absolute Gasteiger partial charge is 0.269 e. The number of nitro groups is 1. The van der Waals surface area contributed by atoms with Crippen LogP contribution >= 0.6 is 0 Å². The van der Waals surface area contributed by atoms with Crippen LogP contribution in [0.25, 0.3) is 0 Å². The van der Waals surface area contributed by atoms with Gasteiger partial charge in [0, 0.05) is 31.3 Å². The van der Waals surface area contributed by atoms with Gasteiger partial charge in [0.15, 0.2) is 0 Å². The second kappa shape index (κ2) is 6.36. The van der Waals surface area contributed by atoms with Gasteiger partial charge in [-0.1, -0.05) is 36.4 Å². The molecule has 3 aliphatic rings. The number of rotatable bonds is 3. The summed E-state index contributed by atoms with van der Waals surface area (Å²) in [6.45, 7) is 2.03. The molecule has 1 saturated heterocycles. The van der Waals surface area contributed by atoms with Crippen molar-refractivity contribution in [1.29, 1.82) is 0 Å². The van der Waals surface area contributed by atoms with Gasteiger partial charge in [0.1, 0.15) is 0 Å². The fraction of sp³-hybridized carbons (Fsp3) is 0.400. The summed E-state index contributed by atoms with van der Waals surface area (Å²) in [5, 5.41) is 10.8. The molecule has 5 rings (SSSR count). The summed E-state index contributed by atoms with van der Waals surface area (Å²) < 4.78 is 0. The lowest BCUT2D eigenvalue weighted by atomic mass is 9.80. The highest BCUT2D eigenvalue weighted by Gasteiger charge is 2.31. The lowest BCUT2D eigenvalue weighted by molar-refractivity contribution is -0.384. The number of piperidine rings is 1. The van der Waals surface area contributed by atoms with Crippen LogP contribution in [-0.2, 0) is 19.4 Å². The summed E-state index contributed by atoms with van der Waals surface area (Å²) in [6.07, 6.45) is 4.87. The third-order valence-electron chi connectivity index (χ3n) is 5.53. The Bertz CT molecular complexity index is 742. The molecule has 2 heterocycles.